The molecule has 150 valence electrons. The first-order chi connectivity index (χ1) is 12.3. The number of carbonyl (C=O) groups excluding carboxylic acids is 1. The molecule has 0 saturated carbocycles. The summed E-state index contributed by atoms with van der Waals surface area (Å²) >= 11 is -5.05. The fourth-order valence-electron chi connectivity index (χ4n) is 2.11. The molecule has 0 fully saturated rings. The fraction of sp³-hybridized carbons (Fsp3) is 0.267. The topological polar surface area (TPSA) is 176 Å². The van der Waals surface area contributed by atoms with Crippen LogP contribution in [0, 0.1) is 6.92 Å². The van der Waals surface area contributed by atoms with Gasteiger partial charge in [0.2, 0.25) is 0 Å². The quantitative estimate of drug-likeness (QED) is 0.181. The van der Waals surface area contributed by atoms with E-state index in [0.717, 1.165) is 5.56 Å². The number of hydrogen-bond acceptors (Lipinski definition) is 7. The Morgan fingerprint density at radius 1 is 1.41 bits per heavy atom. The summed E-state index contributed by atoms with van der Waals surface area (Å²) in [6.07, 6.45) is 4.17. The van der Waals surface area contributed by atoms with Gasteiger partial charge in [0, 0.05) is 0 Å². The monoisotopic (exact) mass is 464 g/mol. The number of nitrogens with one attached hydrogen (secondary N) is 1. The second kappa shape index (κ2) is 8.98. The second-order valence-electron chi connectivity index (χ2n) is 5.79. The van der Waals surface area contributed by atoms with Crippen LogP contribution < -0.4 is 11.1 Å². The van der Waals surface area contributed by atoms with E-state index in [4.69, 9.17) is 15.5 Å². The maximum Gasteiger partial charge on any atom is 0.294 e. The number of carbonyl (C=O) groups is 1. The number of hydrogen-bond donors (Lipinski definition) is 5. The Bertz CT molecular complexity index is 912. The first kappa shape index (κ1) is 23.3. The molecule has 0 bridgehead atoms. The van der Waals surface area contributed by atoms with Gasteiger partial charge in [-0.3, -0.25) is 4.55 Å². The van der Waals surface area contributed by atoms with E-state index in [1.807, 2.05) is 0 Å². The molecule has 1 aliphatic rings. The van der Waals surface area contributed by atoms with Crippen molar-refractivity contribution in [2.75, 3.05) is 0 Å². The summed E-state index contributed by atoms with van der Waals surface area (Å²) in [6, 6.07) is 6.10. The van der Waals surface area contributed by atoms with E-state index in [1.165, 1.54) is 31.2 Å². The normalized spacial score (nSPS) is 21.3. The van der Waals surface area contributed by atoms with Crippen LogP contribution in [0.2, 0.25) is 0 Å². The predicted octanol–water partition coefficient (Wildman–Crippen LogP) is 0.296. The molecule has 1 aromatic rings. The molecule has 2 unspecified atom stereocenters. The molecule has 10 nitrogen and oxygen atoms in total. The molecule has 0 heterocycles. The van der Waals surface area contributed by atoms with E-state index in [0.29, 0.717) is 5.70 Å². The van der Waals surface area contributed by atoms with Crippen molar-refractivity contribution in [1.29, 1.82) is 0 Å². The molecule has 0 spiro atoms. The molecule has 6 N–H and O–H groups in total. The first-order valence-electron chi connectivity index (χ1n) is 7.46. The average Bonchev–Trinajstić information content (AvgIpc) is 2.54. The maximum absolute atomic E-state index is 11.5. The van der Waals surface area contributed by atoms with Crippen molar-refractivity contribution >= 4 is 30.2 Å². The number of allylic oxidation sites excluding steroid dienone is 2. The van der Waals surface area contributed by atoms with Crippen LogP contribution in [-0.4, -0.2) is 46.7 Å². The third-order valence-corrected chi connectivity index (χ3v) is 7.58. The minimum atomic E-state index is -5.05. The van der Waals surface area contributed by atoms with Gasteiger partial charge >= 0.3 is 94.5 Å². The largest absolute Gasteiger partial charge is 0.294 e. The van der Waals surface area contributed by atoms with Gasteiger partial charge < -0.3 is 0 Å². The van der Waals surface area contributed by atoms with E-state index < -0.39 is 28.6 Å². The molecule has 1 aliphatic carbocycles. The zero-order chi connectivity index (χ0) is 20.9. The van der Waals surface area contributed by atoms with Gasteiger partial charge in [0.15, 0.2) is 0 Å². The maximum atomic E-state index is 11.5. The van der Waals surface area contributed by atoms with Crippen LogP contribution in [0.4, 0.5) is 0 Å². The second-order valence-corrected chi connectivity index (χ2v) is 11.5. The zero-order valence-electron chi connectivity index (χ0n) is 14.6. The Morgan fingerprint density at radius 2 is 2.04 bits per heavy atom. The van der Waals surface area contributed by atoms with Crippen molar-refractivity contribution in [2.24, 2.45) is 5.73 Å². The van der Waals surface area contributed by atoms with Gasteiger partial charge in [-0.25, -0.2) is 0 Å². The number of aryl methyl sites for hydroxylation is 1. The molecule has 12 heteroatoms. The van der Waals surface area contributed by atoms with E-state index >= 15 is 0 Å². The summed E-state index contributed by atoms with van der Waals surface area (Å²) in [5, 5.41) is 10.8. The third kappa shape index (κ3) is 6.74. The number of nitrogens with two attached hydrogens (primary N) is 1. The molecule has 0 aliphatic heterocycles. The zero-order valence-corrected chi connectivity index (χ0v) is 17.3. The third-order valence-electron chi connectivity index (χ3n) is 3.42. The molecule has 27 heavy (non-hydrogen) atoms. The van der Waals surface area contributed by atoms with Crippen molar-refractivity contribution in [3.63, 3.8) is 0 Å². The molecule has 0 saturated heterocycles. The minimum Gasteiger partial charge on any atom is -0.282 e. The SMILES string of the molecule is CC(=O)NC1=CC=CC(N)([As](=O)(O)OO)C1.Cc1cccc(S(=O)(=O)O)c1. The van der Waals surface area contributed by atoms with Crippen LogP contribution in [0.5, 0.6) is 0 Å². The molecule has 2 rings (SSSR count). The summed E-state index contributed by atoms with van der Waals surface area (Å²) in [5.74, 6) is -0.311. The number of benzene rings is 1. The minimum absolute atomic E-state index is 0.0579. The van der Waals surface area contributed by atoms with Gasteiger partial charge in [0.05, 0.1) is 4.90 Å². The molecular weight excluding hydrogens is 443 g/mol. The first-order valence-corrected chi connectivity index (χ1v) is 12.2. The van der Waals surface area contributed by atoms with Gasteiger partial charge in [-0.05, 0) is 24.6 Å². The van der Waals surface area contributed by atoms with Crippen molar-refractivity contribution in [2.45, 2.75) is 29.5 Å². The Morgan fingerprint density at radius 3 is 2.48 bits per heavy atom. The van der Waals surface area contributed by atoms with Crippen molar-refractivity contribution in [1.82, 2.24) is 5.32 Å². The predicted molar refractivity (Wildman–Crippen MR) is 95.9 cm³/mol. The van der Waals surface area contributed by atoms with Gasteiger partial charge in [-0.2, -0.15) is 8.42 Å². The fourth-order valence-corrected chi connectivity index (χ4v) is 4.37. The smallest absolute Gasteiger partial charge is 0.282 e. The van der Waals surface area contributed by atoms with Crippen LogP contribution in [0.15, 0.2) is 53.1 Å². The van der Waals surface area contributed by atoms with Crippen LogP contribution >= 0.6 is 0 Å². The molecule has 0 aromatic heterocycles. The van der Waals surface area contributed by atoms with Crippen LogP contribution in [0.25, 0.3) is 0 Å². The molecular formula is C15H21AsN2O8S. The Kier molecular flexibility index (Phi) is 7.75. The molecule has 0 radical (unpaired) electrons. The van der Waals surface area contributed by atoms with E-state index in [2.05, 4.69) is 9.19 Å². The Labute approximate surface area is 159 Å². The Hall–Kier alpha value is -1.72. The summed E-state index contributed by atoms with van der Waals surface area (Å²) < 4.78 is 52.5. The molecule has 1 amide bonds. The standard InChI is InChI=1S/C8H13AsN2O5.C7H8O3S/c1-6(12)11-7-3-2-4-8(10,5-7)9(13,14)16-15;1-6-3-2-4-7(5-6)11(8,9)10/h2-4,15H,5,10H2,1H3,(H,11,12)(H,13,14);2-5H,1H3,(H,8,9,10). The van der Waals surface area contributed by atoms with Crippen LogP contribution in [0.3, 0.4) is 0 Å². The Balaban J connectivity index is 0.000000289. The average molecular weight is 464 g/mol. The van der Waals surface area contributed by atoms with Gasteiger partial charge in [0.1, 0.15) is 0 Å². The van der Waals surface area contributed by atoms with Crippen molar-refractivity contribution in [3.8, 4) is 0 Å². The van der Waals surface area contributed by atoms with Crippen LogP contribution in [-0.2, 0) is 22.5 Å². The van der Waals surface area contributed by atoms with E-state index in [1.54, 1.807) is 25.1 Å². The van der Waals surface area contributed by atoms with E-state index in [9.17, 15) is 21.0 Å². The van der Waals surface area contributed by atoms with Gasteiger partial charge in [-0.15, -0.1) is 0 Å². The summed E-state index contributed by atoms with van der Waals surface area (Å²) in [4.78, 5) is 10.8. The summed E-state index contributed by atoms with van der Waals surface area (Å²) in [7, 11) is -4.03. The number of rotatable bonds is 4. The van der Waals surface area contributed by atoms with Crippen molar-refractivity contribution < 1.29 is 34.7 Å². The molecule has 1 aromatic carbocycles. The van der Waals surface area contributed by atoms with Gasteiger partial charge in [0.25, 0.3) is 10.1 Å². The number of amides is 1. The van der Waals surface area contributed by atoms with E-state index in [-0.39, 0.29) is 17.2 Å². The summed E-state index contributed by atoms with van der Waals surface area (Å²) in [6.45, 7) is 3.07. The molecule has 2 atom stereocenters. The van der Waals surface area contributed by atoms with Crippen molar-refractivity contribution in [3.05, 3.63) is 53.8 Å². The van der Waals surface area contributed by atoms with Gasteiger partial charge in [-0.1, -0.05) is 12.1 Å². The summed E-state index contributed by atoms with van der Waals surface area (Å²) in [5.41, 5.74) is 6.86. The van der Waals surface area contributed by atoms with Crippen LogP contribution in [0.1, 0.15) is 18.9 Å².